The lowest BCUT2D eigenvalue weighted by Crippen LogP contribution is -2.28. The van der Waals surface area contributed by atoms with Crippen LogP contribution in [0.4, 0.5) is 0 Å². The molecule has 0 saturated carbocycles. The van der Waals surface area contributed by atoms with E-state index in [1.54, 1.807) is 0 Å². The van der Waals surface area contributed by atoms with Gasteiger partial charge in [-0.05, 0) is 37.4 Å². The Balaban J connectivity index is 1.94. The Bertz CT molecular complexity index is 461. The maximum Gasteiger partial charge on any atom is 0.180 e. The maximum absolute atomic E-state index is 12.1. The van der Waals surface area contributed by atoms with Crippen LogP contribution in [0.25, 0.3) is 0 Å². The fourth-order valence-corrected chi connectivity index (χ4v) is 2.52. The van der Waals surface area contributed by atoms with Gasteiger partial charge < -0.3 is 15.3 Å². The number of rotatable bonds is 5. The second-order valence-corrected chi connectivity index (χ2v) is 5.03. The first-order valence-corrected chi connectivity index (χ1v) is 6.48. The van der Waals surface area contributed by atoms with E-state index in [-0.39, 0.29) is 36.0 Å². The molecule has 5 heteroatoms. The van der Waals surface area contributed by atoms with E-state index < -0.39 is 0 Å². The molecule has 2 rings (SSSR count). The van der Waals surface area contributed by atoms with Crippen LogP contribution in [-0.4, -0.2) is 52.2 Å². The van der Waals surface area contributed by atoms with Crippen molar-refractivity contribution in [3.8, 4) is 11.5 Å². The molecule has 0 aromatic heterocycles. The molecule has 1 aromatic carbocycles. The number of phenolic OH excluding ortho intramolecular Hbond substituents is 2. The zero-order valence-corrected chi connectivity index (χ0v) is 10.7. The zero-order chi connectivity index (χ0) is 13.8. The average Bonchev–Trinajstić information content (AvgIpc) is 2.76. The van der Waals surface area contributed by atoms with Gasteiger partial charge in [-0.3, -0.25) is 9.69 Å². The summed E-state index contributed by atoms with van der Waals surface area (Å²) < 4.78 is 0. The van der Waals surface area contributed by atoms with E-state index >= 15 is 0 Å². The molecular formula is C14H19NO4. The Hall–Kier alpha value is -1.59. The van der Waals surface area contributed by atoms with Crippen LogP contribution < -0.4 is 0 Å². The number of nitrogens with zero attached hydrogens (tertiary/aromatic N) is 1. The maximum atomic E-state index is 12.1. The van der Waals surface area contributed by atoms with Crippen LogP contribution in [0.15, 0.2) is 18.2 Å². The van der Waals surface area contributed by atoms with Crippen molar-refractivity contribution in [2.75, 3.05) is 26.2 Å². The largest absolute Gasteiger partial charge is 0.508 e. The molecule has 0 spiro atoms. The van der Waals surface area contributed by atoms with Crippen LogP contribution in [0, 0.1) is 5.92 Å². The summed E-state index contributed by atoms with van der Waals surface area (Å²) in [6, 6.07) is 4.01. The van der Waals surface area contributed by atoms with Gasteiger partial charge in [0, 0.05) is 19.2 Å². The monoisotopic (exact) mass is 265 g/mol. The first-order chi connectivity index (χ1) is 9.10. The van der Waals surface area contributed by atoms with Crippen LogP contribution in [0.3, 0.4) is 0 Å². The summed E-state index contributed by atoms with van der Waals surface area (Å²) in [5.41, 5.74) is 0.239. The van der Waals surface area contributed by atoms with Gasteiger partial charge in [-0.2, -0.15) is 0 Å². The molecule has 5 nitrogen and oxygen atoms in total. The van der Waals surface area contributed by atoms with E-state index in [2.05, 4.69) is 0 Å². The van der Waals surface area contributed by atoms with Crippen molar-refractivity contribution < 1.29 is 20.1 Å². The highest BCUT2D eigenvalue weighted by molar-refractivity contribution is 6.00. The van der Waals surface area contributed by atoms with E-state index in [0.29, 0.717) is 5.92 Å². The average molecular weight is 265 g/mol. The van der Waals surface area contributed by atoms with E-state index in [4.69, 9.17) is 5.11 Å². The number of aliphatic hydroxyl groups excluding tert-OH is 1. The first kappa shape index (κ1) is 13.8. The molecule has 104 valence electrons. The molecule has 1 aromatic rings. The summed E-state index contributed by atoms with van der Waals surface area (Å²) in [6.07, 6.45) is 1.77. The molecule has 0 bridgehead atoms. The number of Topliss-reactive ketones (excluding diaryl/α,β-unsaturated/α-hetero) is 1. The Morgan fingerprint density at radius 2 is 2.16 bits per heavy atom. The van der Waals surface area contributed by atoms with Gasteiger partial charge in [0.1, 0.15) is 11.5 Å². The lowest BCUT2D eigenvalue weighted by atomic mass is 10.1. The minimum atomic E-state index is -0.184. The van der Waals surface area contributed by atoms with Gasteiger partial charge in [0.25, 0.3) is 0 Å². The van der Waals surface area contributed by atoms with Gasteiger partial charge >= 0.3 is 0 Å². The van der Waals surface area contributed by atoms with Crippen LogP contribution in [0.2, 0.25) is 0 Å². The first-order valence-electron chi connectivity index (χ1n) is 6.48. The van der Waals surface area contributed by atoms with Crippen LogP contribution >= 0.6 is 0 Å². The van der Waals surface area contributed by atoms with Crippen molar-refractivity contribution in [2.24, 2.45) is 5.92 Å². The summed E-state index contributed by atoms with van der Waals surface area (Å²) in [5.74, 6) is 0.0581. The molecule has 1 saturated heterocycles. The Morgan fingerprint density at radius 1 is 1.37 bits per heavy atom. The van der Waals surface area contributed by atoms with E-state index in [9.17, 15) is 15.0 Å². The summed E-state index contributed by atoms with van der Waals surface area (Å²) in [5, 5.41) is 27.7. The molecule has 0 amide bonds. The van der Waals surface area contributed by atoms with E-state index in [0.717, 1.165) is 25.9 Å². The van der Waals surface area contributed by atoms with Crippen LogP contribution in [0.5, 0.6) is 11.5 Å². The molecule has 1 heterocycles. The number of hydrogen-bond donors (Lipinski definition) is 3. The van der Waals surface area contributed by atoms with Crippen molar-refractivity contribution in [1.82, 2.24) is 4.90 Å². The summed E-state index contributed by atoms with van der Waals surface area (Å²) in [7, 11) is 0. The molecule has 1 aliphatic heterocycles. The summed E-state index contributed by atoms with van der Waals surface area (Å²) in [4.78, 5) is 14.1. The number of carbonyl (C=O) groups excluding carboxylic acids is 1. The van der Waals surface area contributed by atoms with Crippen molar-refractivity contribution in [1.29, 1.82) is 0 Å². The van der Waals surface area contributed by atoms with Gasteiger partial charge in [0.15, 0.2) is 5.78 Å². The molecule has 1 aliphatic rings. The van der Waals surface area contributed by atoms with Gasteiger partial charge in [0.2, 0.25) is 0 Å². The number of aliphatic hydroxyl groups is 1. The van der Waals surface area contributed by atoms with E-state index in [1.807, 2.05) is 4.90 Å². The number of carbonyl (C=O) groups is 1. The minimum Gasteiger partial charge on any atom is -0.508 e. The fraction of sp³-hybridized carbons (Fsp3) is 0.500. The van der Waals surface area contributed by atoms with E-state index in [1.165, 1.54) is 18.2 Å². The molecule has 0 radical (unpaired) electrons. The third-order valence-corrected chi connectivity index (χ3v) is 3.56. The zero-order valence-electron chi connectivity index (χ0n) is 10.7. The lowest BCUT2D eigenvalue weighted by Gasteiger charge is -2.15. The third-order valence-electron chi connectivity index (χ3n) is 3.56. The van der Waals surface area contributed by atoms with Gasteiger partial charge in [0.05, 0.1) is 12.1 Å². The van der Waals surface area contributed by atoms with Crippen LogP contribution in [-0.2, 0) is 0 Å². The minimum absolute atomic E-state index is 0.0572. The van der Waals surface area contributed by atoms with Gasteiger partial charge in [-0.1, -0.05) is 0 Å². The standard InChI is InChI=1S/C14H19NO4/c16-6-4-10-3-5-15(8-10)9-14(19)12-2-1-11(17)7-13(12)18/h1-2,7,10,16-18H,3-6,8-9H2. The summed E-state index contributed by atoms with van der Waals surface area (Å²) >= 11 is 0. The molecule has 0 aliphatic carbocycles. The predicted molar refractivity (Wildman–Crippen MR) is 70.4 cm³/mol. The second kappa shape index (κ2) is 6.04. The molecule has 1 unspecified atom stereocenters. The van der Waals surface area contributed by atoms with Crippen LogP contribution in [0.1, 0.15) is 23.2 Å². The second-order valence-electron chi connectivity index (χ2n) is 5.03. The van der Waals surface area contributed by atoms with Crippen molar-refractivity contribution >= 4 is 5.78 Å². The third kappa shape index (κ3) is 3.45. The molecule has 3 N–H and O–H groups in total. The number of phenols is 2. The summed E-state index contributed by atoms with van der Waals surface area (Å²) in [6.45, 7) is 2.10. The lowest BCUT2D eigenvalue weighted by molar-refractivity contribution is 0.0940. The topological polar surface area (TPSA) is 81.0 Å². The Morgan fingerprint density at radius 3 is 2.84 bits per heavy atom. The number of likely N-dealkylation sites (tertiary alicyclic amines) is 1. The number of benzene rings is 1. The predicted octanol–water partition coefficient (Wildman–Crippen LogP) is 0.985. The van der Waals surface area contributed by atoms with Gasteiger partial charge in [-0.15, -0.1) is 0 Å². The number of aromatic hydroxyl groups is 2. The van der Waals surface area contributed by atoms with Crippen molar-refractivity contribution in [3.05, 3.63) is 23.8 Å². The quantitative estimate of drug-likeness (QED) is 0.692. The van der Waals surface area contributed by atoms with Crippen molar-refractivity contribution in [2.45, 2.75) is 12.8 Å². The molecule has 19 heavy (non-hydrogen) atoms. The normalized spacial score (nSPS) is 19.7. The highest BCUT2D eigenvalue weighted by atomic mass is 16.3. The highest BCUT2D eigenvalue weighted by Crippen LogP contribution is 2.24. The molecule has 1 fully saturated rings. The molecular weight excluding hydrogens is 246 g/mol. The Kier molecular flexibility index (Phi) is 4.39. The van der Waals surface area contributed by atoms with Gasteiger partial charge in [-0.25, -0.2) is 0 Å². The Labute approximate surface area is 112 Å². The smallest absolute Gasteiger partial charge is 0.180 e. The number of ketones is 1. The SMILES string of the molecule is O=C(CN1CCC(CCO)C1)c1ccc(O)cc1O. The fourth-order valence-electron chi connectivity index (χ4n) is 2.52. The number of hydrogen-bond acceptors (Lipinski definition) is 5. The van der Waals surface area contributed by atoms with Crippen molar-refractivity contribution in [3.63, 3.8) is 0 Å². The highest BCUT2D eigenvalue weighted by Gasteiger charge is 2.24. The molecule has 1 atom stereocenters.